The zero-order valence-electron chi connectivity index (χ0n) is 7.71. The van der Waals surface area contributed by atoms with Gasteiger partial charge < -0.3 is 5.11 Å². The first-order valence-corrected chi connectivity index (χ1v) is 7.40. The minimum atomic E-state index is -1.24. The van der Waals surface area contributed by atoms with E-state index in [1.165, 1.54) is 6.08 Å². The van der Waals surface area contributed by atoms with Crippen molar-refractivity contribution in [2.24, 2.45) is 0 Å². The first kappa shape index (κ1) is 11.2. The van der Waals surface area contributed by atoms with Crippen LogP contribution < -0.4 is 0 Å². The molecule has 0 aliphatic rings. The Morgan fingerprint density at radius 2 is 2.08 bits per heavy atom. The summed E-state index contributed by atoms with van der Waals surface area (Å²) in [4.78, 5) is 10.2. The third kappa shape index (κ3) is 5.92. The van der Waals surface area contributed by atoms with Crippen LogP contribution in [0.4, 0.5) is 0 Å². The van der Waals surface area contributed by atoms with Crippen molar-refractivity contribution in [2.75, 3.05) is 0 Å². The van der Waals surface area contributed by atoms with Crippen LogP contribution in [0.2, 0.25) is 25.2 Å². The van der Waals surface area contributed by atoms with Gasteiger partial charge in [-0.15, -0.1) is 6.58 Å². The first-order chi connectivity index (χ1) is 5.48. The summed E-state index contributed by atoms with van der Waals surface area (Å²) >= 11 is 0. The van der Waals surface area contributed by atoms with E-state index in [0.717, 1.165) is 12.1 Å². The van der Waals surface area contributed by atoms with Crippen LogP contribution in [0.25, 0.3) is 0 Å². The van der Waals surface area contributed by atoms with Gasteiger partial charge in [-0.05, 0) is 12.1 Å². The summed E-state index contributed by atoms with van der Waals surface area (Å²) < 4.78 is 0. The quantitative estimate of drug-likeness (QED) is 0.405. The molecule has 68 valence electrons. The smallest absolute Gasteiger partial charge is 0.327 e. The topological polar surface area (TPSA) is 37.3 Å². The van der Waals surface area contributed by atoms with Crippen LogP contribution in [-0.2, 0) is 4.79 Å². The fourth-order valence-corrected chi connectivity index (χ4v) is 2.66. The number of hydrogen-bond donors (Lipinski definition) is 1. The lowest BCUT2D eigenvalue weighted by Crippen LogP contribution is -2.22. The van der Waals surface area contributed by atoms with Crippen molar-refractivity contribution >= 4 is 14.0 Å². The minimum absolute atomic E-state index is 0.863. The van der Waals surface area contributed by atoms with Gasteiger partial charge in [-0.3, -0.25) is 0 Å². The summed E-state index contributed by atoms with van der Waals surface area (Å²) in [5, 5.41) is 8.35. The third-order valence-electron chi connectivity index (χ3n) is 1.63. The van der Waals surface area contributed by atoms with E-state index < -0.39 is 14.0 Å². The molecule has 0 heterocycles. The van der Waals surface area contributed by atoms with Gasteiger partial charge >= 0.3 is 5.97 Å². The van der Waals surface area contributed by atoms with Crippen molar-refractivity contribution in [3.05, 3.63) is 24.8 Å². The van der Waals surface area contributed by atoms with Crippen molar-refractivity contribution in [1.82, 2.24) is 0 Å². The summed E-state index contributed by atoms with van der Waals surface area (Å²) in [5.74, 6) is -0.863. The molecule has 0 aliphatic heterocycles. The molecule has 0 aliphatic carbocycles. The standard InChI is InChI=1S/C9H16O2Si/c1-4-7-12(2,3)8-5-6-9(10)11/h4-6H,1,7-8H2,2-3H3,(H,10,11)/b6-5+. The first-order valence-electron chi connectivity index (χ1n) is 3.98. The second kappa shape index (κ2) is 4.93. The second-order valence-electron chi connectivity index (χ2n) is 3.60. The minimum Gasteiger partial charge on any atom is -0.478 e. The molecule has 0 saturated heterocycles. The van der Waals surface area contributed by atoms with E-state index in [2.05, 4.69) is 19.7 Å². The maximum Gasteiger partial charge on any atom is 0.327 e. The Kier molecular flexibility index (Phi) is 4.59. The van der Waals surface area contributed by atoms with Gasteiger partial charge in [0.2, 0.25) is 0 Å². The Bertz CT molecular complexity index is 195. The van der Waals surface area contributed by atoms with Crippen LogP contribution in [0.15, 0.2) is 24.8 Å². The number of carboxylic acids is 1. The number of carbonyl (C=O) groups is 1. The Morgan fingerprint density at radius 3 is 2.50 bits per heavy atom. The fourth-order valence-electron chi connectivity index (χ4n) is 0.953. The number of carboxylic acid groups (broad SMARTS) is 1. The molecule has 2 nitrogen and oxygen atoms in total. The largest absolute Gasteiger partial charge is 0.478 e. The van der Waals surface area contributed by atoms with E-state index in [0.29, 0.717) is 0 Å². The monoisotopic (exact) mass is 184 g/mol. The zero-order valence-corrected chi connectivity index (χ0v) is 8.71. The number of aliphatic carboxylic acids is 1. The van der Waals surface area contributed by atoms with Gasteiger partial charge in [-0.25, -0.2) is 4.79 Å². The molecule has 0 amide bonds. The lowest BCUT2D eigenvalue weighted by atomic mass is 10.5. The molecule has 0 aromatic carbocycles. The van der Waals surface area contributed by atoms with Gasteiger partial charge in [0.1, 0.15) is 0 Å². The summed E-state index contributed by atoms with van der Waals surface area (Å²) in [6.07, 6.45) is 4.89. The summed E-state index contributed by atoms with van der Waals surface area (Å²) in [6.45, 7) is 8.13. The second-order valence-corrected chi connectivity index (χ2v) is 8.75. The molecule has 0 fully saturated rings. The highest BCUT2D eigenvalue weighted by Gasteiger charge is 2.16. The molecular weight excluding hydrogens is 168 g/mol. The van der Waals surface area contributed by atoms with E-state index in [-0.39, 0.29) is 0 Å². The molecule has 0 rings (SSSR count). The molecule has 1 N–H and O–H groups in total. The zero-order chi connectivity index (χ0) is 9.61. The molecule has 0 aromatic heterocycles. The van der Waals surface area contributed by atoms with E-state index in [4.69, 9.17) is 5.11 Å². The SMILES string of the molecule is C=CC[Si](C)(C)C/C=C/C(=O)O. The normalized spacial score (nSPS) is 11.8. The Labute approximate surface area is 74.6 Å². The average Bonchev–Trinajstić information content (AvgIpc) is 1.85. The lowest BCUT2D eigenvalue weighted by molar-refractivity contribution is -0.131. The van der Waals surface area contributed by atoms with E-state index in [1.807, 2.05) is 6.08 Å². The fraction of sp³-hybridized carbons (Fsp3) is 0.444. The van der Waals surface area contributed by atoms with Crippen LogP contribution >= 0.6 is 0 Å². The Morgan fingerprint density at radius 1 is 1.50 bits per heavy atom. The van der Waals surface area contributed by atoms with Crippen LogP contribution in [0, 0.1) is 0 Å². The van der Waals surface area contributed by atoms with Gasteiger partial charge in [0, 0.05) is 6.08 Å². The molecule has 0 saturated carbocycles. The molecular formula is C9H16O2Si. The highest BCUT2D eigenvalue weighted by molar-refractivity contribution is 6.78. The maximum atomic E-state index is 10.2. The van der Waals surface area contributed by atoms with Crippen molar-refractivity contribution in [2.45, 2.75) is 25.2 Å². The van der Waals surface area contributed by atoms with Gasteiger partial charge in [-0.2, -0.15) is 0 Å². The molecule has 0 bridgehead atoms. The van der Waals surface area contributed by atoms with Crippen LogP contribution in [-0.4, -0.2) is 19.1 Å². The number of rotatable bonds is 5. The van der Waals surface area contributed by atoms with Gasteiger partial charge in [0.25, 0.3) is 0 Å². The molecule has 12 heavy (non-hydrogen) atoms. The molecule has 3 heteroatoms. The van der Waals surface area contributed by atoms with Gasteiger partial charge in [-0.1, -0.05) is 25.2 Å². The molecule has 0 radical (unpaired) electrons. The van der Waals surface area contributed by atoms with E-state index in [1.54, 1.807) is 6.08 Å². The van der Waals surface area contributed by atoms with E-state index in [9.17, 15) is 4.79 Å². The predicted octanol–water partition coefficient (Wildman–Crippen LogP) is 2.52. The lowest BCUT2D eigenvalue weighted by Gasteiger charge is -2.17. The predicted molar refractivity (Wildman–Crippen MR) is 54.1 cm³/mol. The molecule has 0 aromatic rings. The van der Waals surface area contributed by atoms with E-state index >= 15 is 0 Å². The van der Waals surface area contributed by atoms with Crippen LogP contribution in [0.5, 0.6) is 0 Å². The van der Waals surface area contributed by atoms with Crippen LogP contribution in [0.1, 0.15) is 0 Å². The highest BCUT2D eigenvalue weighted by atomic mass is 28.3. The van der Waals surface area contributed by atoms with Crippen molar-refractivity contribution in [3.8, 4) is 0 Å². The van der Waals surface area contributed by atoms with Crippen molar-refractivity contribution in [3.63, 3.8) is 0 Å². The molecule has 0 unspecified atom stereocenters. The van der Waals surface area contributed by atoms with Crippen molar-refractivity contribution in [1.29, 1.82) is 0 Å². The Hall–Kier alpha value is -0.833. The van der Waals surface area contributed by atoms with Crippen molar-refractivity contribution < 1.29 is 9.90 Å². The maximum absolute atomic E-state index is 10.2. The van der Waals surface area contributed by atoms with Gasteiger partial charge in [0.05, 0.1) is 8.07 Å². The third-order valence-corrected chi connectivity index (χ3v) is 4.36. The molecule has 0 atom stereocenters. The Balaban J connectivity index is 3.89. The summed E-state index contributed by atoms with van der Waals surface area (Å²) in [5.41, 5.74) is 0. The van der Waals surface area contributed by atoms with Crippen LogP contribution in [0.3, 0.4) is 0 Å². The molecule has 0 spiro atoms. The van der Waals surface area contributed by atoms with Gasteiger partial charge in [0.15, 0.2) is 0 Å². The highest BCUT2D eigenvalue weighted by Crippen LogP contribution is 2.15. The summed E-state index contributed by atoms with van der Waals surface area (Å²) in [7, 11) is -1.24. The average molecular weight is 184 g/mol. The number of hydrogen-bond acceptors (Lipinski definition) is 1. The number of allylic oxidation sites excluding steroid dienone is 2. The summed E-state index contributed by atoms with van der Waals surface area (Å²) in [6, 6.07) is 1.95.